The van der Waals surface area contributed by atoms with Gasteiger partial charge >= 0.3 is 0 Å². The van der Waals surface area contributed by atoms with Gasteiger partial charge in [0, 0.05) is 21.9 Å². The molecule has 0 radical (unpaired) electrons. The monoisotopic (exact) mass is 611 g/mol. The highest BCUT2D eigenvalue weighted by atomic mass is 16.3. The van der Waals surface area contributed by atoms with Crippen LogP contribution in [0.4, 0.5) is 0 Å². The van der Waals surface area contributed by atoms with Gasteiger partial charge in [-0.3, -0.25) is 4.57 Å². The molecule has 0 atom stereocenters. The highest BCUT2D eigenvalue weighted by Crippen LogP contribution is 2.42. The maximum absolute atomic E-state index is 6.76. The van der Waals surface area contributed by atoms with Crippen LogP contribution in [0.5, 0.6) is 0 Å². The summed E-state index contributed by atoms with van der Waals surface area (Å²) in [5.74, 6) is 0.839. The van der Waals surface area contributed by atoms with Crippen molar-refractivity contribution in [1.29, 1.82) is 0 Å². The summed E-state index contributed by atoms with van der Waals surface area (Å²) >= 11 is 0. The molecule has 4 nitrogen and oxygen atoms in total. The van der Waals surface area contributed by atoms with Crippen LogP contribution in [-0.4, -0.2) is 14.5 Å². The number of fused-ring (bicyclic) bond motifs is 4. The van der Waals surface area contributed by atoms with E-state index in [0.717, 1.165) is 66.8 Å². The molecule has 8 rings (SSSR count). The lowest BCUT2D eigenvalue weighted by molar-refractivity contribution is 0.590. The molecule has 230 valence electrons. The van der Waals surface area contributed by atoms with E-state index in [9.17, 15) is 0 Å². The second-order valence-electron chi connectivity index (χ2n) is 13.7. The molecule has 0 N–H and O–H groups in total. The second-order valence-corrected chi connectivity index (χ2v) is 13.7. The number of pyridine rings is 1. The smallest absolute Gasteiger partial charge is 0.227 e. The van der Waals surface area contributed by atoms with E-state index in [-0.39, 0.29) is 5.41 Å². The minimum absolute atomic E-state index is 0.00196. The van der Waals surface area contributed by atoms with Crippen molar-refractivity contribution in [1.82, 2.24) is 14.5 Å². The Morgan fingerprint density at radius 3 is 2.15 bits per heavy atom. The fourth-order valence-corrected chi connectivity index (χ4v) is 6.96. The van der Waals surface area contributed by atoms with Crippen LogP contribution in [0.25, 0.3) is 72.6 Å². The molecule has 8 aromatic rings. The van der Waals surface area contributed by atoms with Gasteiger partial charge in [-0.2, -0.15) is 0 Å². The third kappa shape index (κ3) is 4.75. The normalized spacial score (nSPS) is 12.0. The first-order valence-corrected chi connectivity index (χ1v) is 16.3. The predicted molar refractivity (Wildman–Crippen MR) is 195 cm³/mol. The van der Waals surface area contributed by atoms with E-state index in [0.29, 0.717) is 5.71 Å². The van der Waals surface area contributed by atoms with Gasteiger partial charge in [-0.15, -0.1) is 0 Å². The summed E-state index contributed by atoms with van der Waals surface area (Å²) in [5, 5.41) is 2.08. The zero-order chi connectivity index (χ0) is 32.4. The van der Waals surface area contributed by atoms with Crippen LogP contribution >= 0.6 is 0 Å². The molecule has 0 amide bonds. The van der Waals surface area contributed by atoms with Crippen LogP contribution in [-0.2, 0) is 5.41 Å². The standard InChI is InChI=1S/C43H37N3O/c1-26-13-12-14-27(2)38(26)35-23-22-31-39-28(3)19-21-32(40(39)47-42(31)45-35)41-44-34-17-10-11-18-37(34)46(41)36-24-20-30(43(4,5)6)25-33(36)29-15-8-7-9-16-29/h7-25H,1-6H3. The van der Waals surface area contributed by atoms with Gasteiger partial charge in [0.15, 0.2) is 0 Å². The maximum atomic E-state index is 6.76. The van der Waals surface area contributed by atoms with E-state index in [1.54, 1.807) is 0 Å². The summed E-state index contributed by atoms with van der Waals surface area (Å²) < 4.78 is 9.06. The molecule has 0 bridgehead atoms. The van der Waals surface area contributed by atoms with E-state index in [2.05, 4.69) is 161 Å². The first kappa shape index (κ1) is 29.0. The molecule has 0 aliphatic heterocycles. The molecule has 0 aliphatic carbocycles. The van der Waals surface area contributed by atoms with Crippen LogP contribution in [0.15, 0.2) is 120 Å². The van der Waals surface area contributed by atoms with Crippen LogP contribution < -0.4 is 0 Å². The number of imidazole rings is 1. The van der Waals surface area contributed by atoms with Gasteiger partial charge in [-0.05, 0) is 96.5 Å². The van der Waals surface area contributed by atoms with Crippen molar-refractivity contribution in [2.45, 2.75) is 47.0 Å². The number of rotatable bonds is 4. The first-order chi connectivity index (χ1) is 22.7. The zero-order valence-electron chi connectivity index (χ0n) is 27.7. The highest BCUT2D eigenvalue weighted by Gasteiger charge is 2.24. The average Bonchev–Trinajstić information content (AvgIpc) is 3.64. The highest BCUT2D eigenvalue weighted by molar-refractivity contribution is 6.10. The summed E-state index contributed by atoms with van der Waals surface area (Å²) in [6.07, 6.45) is 0. The molecule has 0 unspecified atom stereocenters. The number of hydrogen-bond donors (Lipinski definition) is 0. The van der Waals surface area contributed by atoms with Crippen molar-refractivity contribution >= 4 is 33.1 Å². The predicted octanol–water partition coefficient (Wildman–Crippen LogP) is 11.5. The molecule has 47 heavy (non-hydrogen) atoms. The Bertz CT molecular complexity index is 2450. The molecule has 0 aliphatic rings. The van der Waals surface area contributed by atoms with Gasteiger partial charge in [0.05, 0.1) is 28.0 Å². The fraction of sp³-hybridized carbons (Fsp3) is 0.163. The topological polar surface area (TPSA) is 43.9 Å². The molecular weight excluding hydrogens is 574 g/mol. The van der Waals surface area contributed by atoms with Gasteiger partial charge in [0.1, 0.15) is 11.4 Å². The Kier molecular flexibility index (Phi) is 6.66. The average molecular weight is 612 g/mol. The summed E-state index contributed by atoms with van der Waals surface area (Å²) in [6.45, 7) is 13.2. The van der Waals surface area contributed by atoms with Crippen molar-refractivity contribution < 1.29 is 4.42 Å². The maximum Gasteiger partial charge on any atom is 0.227 e. The van der Waals surface area contributed by atoms with E-state index in [4.69, 9.17) is 14.4 Å². The Labute approximate surface area is 275 Å². The second kappa shape index (κ2) is 10.8. The van der Waals surface area contributed by atoms with Crippen LogP contribution in [0, 0.1) is 20.8 Å². The summed E-state index contributed by atoms with van der Waals surface area (Å²) in [4.78, 5) is 10.4. The fourth-order valence-electron chi connectivity index (χ4n) is 6.96. The van der Waals surface area contributed by atoms with Gasteiger partial charge in [0.2, 0.25) is 5.71 Å². The summed E-state index contributed by atoms with van der Waals surface area (Å²) in [7, 11) is 0. The van der Waals surface area contributed by atoms with Crippen molar-refractivity contribution in [3.8, 4) is 39.5 Å². The molecule has 0 saturated carbocycles. The largest absolute Gasteiger partial charge is 0.437 e. The molecule has 0 fully saturated rings. The molecule has 0 spiro atoms. The minimum atomic E-state index is 0.00196. The molecule has 0 saturated heterocycles. The Balaban J connectivity index is 1.42. The summed E-state index contributed by atoms with van der Waals surface area (Å²) in [6, 6.07) is 40.9. The zero-order valence-corrected chi connectivity index (χ0v) is 27.7. The van der Waals surface area contributed by atoms with Crippen LogP contribution in [0.2, 0.25) is 0 Å². The quantitative estimate of drug-likeness (QED) is 0.199. The lowest BCUT2D eigenvalue weighted by Gasteiger charge is -2.23. The van der Waals surface area contributed by atoms with Crippen LogP contribution in [0.1, 0.15) is 43.0 Å². The van der Waals surface area contributed by atoms with E-state index < -0.39 is 0 Å². The number of furan rings is 1. The van der Waals surface area contributed by atoms with Gasteiger partial charge in [0.25, 0.3) is 0 Å². The molecular formula is C43H37N3O. The number of hydrogen-bond acceptors (Lipinski definition) is 3. The number of aryl methyl sites for hydroxylation is 3. The number of para-hydroxylation sites is 2. The molecule has 3 heterocycles. The third-order valence-electron chi connectivity index (χ3n) is 9.42. The van der Waals surface area contributed by atoms with E-state index >= 15 is 0 Å². The SMILES string of the molecule is Cc1cccc(C)c1-c1ccc2c(n1)oc1c(-c3nc4ccccc4n3-c3ccc(C(C)(C)C)cc3-c3ccccc3)ccc(C)c12. The number of nitrogens with zero attached hydrogens (tertiary/aromatic N) is 3. The van der Waals surface area contributed by atoms with Crippen molar-refractivity contribution in [3.63, 3.8) is 0 Å². The van der Waals surface area contributed by atoms with Gasteiger partial charge < -0.3 is 4.42 Å². The molecule has 5 aromatic carbocycles. The Morgan fingerprint density at radius 2 is 1.38 bits per heavy atom. The van der Waals surface area contributed by atoms with Crippen molar-refractivity contribution in [2.75, 3.05) is 0 Å². The van der Waals surface area contributed by atoms with E-state index in [1.807, 2.05) is 0 Å². The lowest BCUT2D eigenvalue weighted by Crippen LogP contribution is -2.12. The van der Waals surface area contributed by atoms with Crippen molar-refractivity contribution in [2.24, 2.45) is 0 Å². The Hall–Kier alpha value is -5.48. The van der Waals surface area contributed by atoms with Gasteiger partial charge in [-0.25, -0.2) is 9.97 Å². The summed E-state index contributed by atoms with van der Waals surface area (Å²) in [5.41, 5.74) is 14.7. The number of benzene rings is 5. The molecule has 3 aromatic heterocycles. The minimum Gasteiger partial charge on any atom is -0.437 e. The van der Waals surface area contributed by atoms with Crippen molar-refractivity contribution in [3.05, 3.63) is 138 Å². The number of aromatic nitrogens is 3. The Morgan fingerprint density at radius 1 is 0.638 bits per heavy atom. The van der Waals surface area contributed by atoms with E-state index in [1.165, 1.54) is 22.3 Å². The third-order valence-corrected chi connectivity index (χ3v) is 9.42. The first-order valence-electron chi connectivity index (χ1n) is 16.3. The van der Waals surface area contributed by atoms with Gasteiger partial charge in [-0.1, -0.05) is 93.6 Å². The molecule has 4 heteroatoms. The lowest BCUT2D eigenvalue weighted by atomic mass is 9.85. The van der Waals surface area contributed by atoms with Crippen LogP contribution in [0.3, 0.4) is 0 Å².